The molecule has 0 unspecified atom stereocenters. The van der Waals surface area contributed by atoms with E-state index in [1.807, 2.05) is 24.3 Å². The molecule has 0 bridgehead atoms. The molecular formula is C18H22BrN2O2S+. The van der Waals surface area contributed by atoms with Gasteiger partial charge in [-0.25, -0.2) is 0 Å². The van der Waals surface area contributed by atoms with Crippen LogP contribution in [0.5, 0.6) is 5.75 Å². The number of hydrogen-bond acceptors (Lipinski definition) is 3. The number of rotatable bonds is 7. The monoisotopic (exact) mass is 409 g/mol. The summed E-state index contributed by atoms with van der Waals surface area (Å²) in [5, 5.41) is 5.15. The van der Waals surface area contributed by atoms with Crippen molar-refractivity contribution in [3.63, 3.8) is 0 Å². The number of ether oxygens (including phenoxy) is 1. The second-order valence-corrected chi connectivity index (χ2v) is 7.87. The van der Waals surface area contributed by atoms with Crippen molar-refractivity contribution >= 4 is 33.2 Å². The zero-order valence-corrected chi connectivity index (χ0v) is 15.9. The highest BCUT2D eigenvalue weighted by Crippen LogP contribution is 2.17. The number of thiophene rings is 1. The Bertz CT molecular complexity index is 640. The van der Waals surface area contributed by atoms with E-state index in [1.54, 1.807) is 16.2 Å². The lowest BCUT2D eigenvalue weighted by Crippen LogP contribution is -3.11. The molecule has 24 heavy (non-hydrogen) atoms. The maximum Gasteiger partial charge on any atom is 0.258 e. The quantitative estimate of drug-likeness (QED) is 0.737. The molecule has 1 aliphatic heterocycles. The number of halogens is 1. The van der Waals surface area contributed by atoms with Crippen LogP contribution in [0.1, 0.15) is 23.8 Å². The molecule has 0 aliphatic carbocycles. The number of carbonyl (C=O) groups is 1. The van der Waals surface area contributed by atoms with Crippen molar-refractivity contribution in [3.05, 3.63) is 51.1 Å². The maximum absolute atomic E-state index is 12.1. The Morgan fingerprint density at radius 3 is 2.67 bits per heavy atom. The van der Waals surface area contributed by atoms with E-state index in [4.69, 9.17) is 4.74 Å². The molecule has 1 fully saturated rings. The van der Waals surface area contributed by atoms with Crippen LogP contribution in [-0.4, -0.2) is 32.1 Å². The average molecular weight is 410 g/mol. The van der Waals surface area contributed by atoms with Crippen molar-refractivity contribution in [3.8, 4) is 5.75 Å². The molecule has 4 nitrogen and oxygen atoms in total. The topological polar surface area (TPSA) is 42.8 Å². The van der Waals surface area contributed by atoms with Crippen LogP contribution in [0.2, 0.25) is 0 Å². The Hall–Kier alpha value is -1.37. The highest BCUT2D eigenvalue weighted by atomic mass is 79.9. The number of carbonyl (C=O) groups excluding carboxylic acids is 1. The zero-order valence-electron chi connectivity index (χ0n) is 13.5. The van der Waals surface area contributed by atoms with Crippen LogP contribution in [0.4, 0.5) is 0 Å². The van der Waals surface area contributed by atoms with E-state index >= 15 is 0 Å². The second kappa shape index (κ2) is 8.65. The van der Waals surface area contributed by atoms with Gasteiger partial charge in [0.2, 0.25) is 0 Å². The lowest BCUT2D eigenvalue weighted by atomic mass is 10.2. The minimum absolute atomic E-state index is 0.0497. The van der Waals surface area contributed by atoms with E-state index in [9.17, 15) is 4.79 Å². The third kappa shape index (κ3) is 4.82. The van der Waals surface area contributed by atoms with E-state index in [0.717, 1.165) is 4.47 Å². The molecule has 1 amide bonds. The zero-order chi connectivity index (χ0) is 16.8. The Balaban J connectivity index is 1.50. The Morgan fingerprint density at radius 2 is 2.00 bits per heavy atom. The minimum Gasteiger partial charge on any atom is -0.484 e. The van der Waals surface area contributed by atoms with Crippen LogP contribution < -0.4 is 15.0 Å². The summed E-state index contributed by atoms with van der Waals surface area (Å²) in [5.41, 5.74) is 0. The molecule has 0 spiro atoms. The Morgan fingerprint density at radius 1 is 1.25 bits per heavy atom. The van der Waals surface area contributed by atoms with Gasteiger partial charge >= 0.3 is 0 Å². The summed E-state index contributed by atoms with van der Waals surface area (Å²) in [4.78, 5) is 15.0. The van der Waals surface area contributed by atoms with Crippen molar-refractivity contribution in [1.82, 2.24) is 5.32 Å². The fourth-order valence-corrected chi connectivity index (χ4v) is 4.21. The first-order valence-electron chi connectivity index (χ1n) is 8.25. The molecule has 6 heteroatoms. The van der Waals surface area contributed by atoms with Crippen molar-refractivity contribution < 1.29 is 14.4 Å². The standard InChI is InChI=1S/C18H21BrN2O2S/c19-14-5-7-15(8-6-14)23-13-18(22)20-12-16(17-4-3-11-24-17)21-9-1-2-10-21/h3-8,11,16H,1-2,9-10,12-13H2,(H,20,22)/p+1/t16-/m1/s1. The van der Waals surface area contributed by atoms with Gasteiger partial charge in [-0.3, -0.25) is 4.79 Å². The smallest absolute Gasteiger partial charge is 0.258 e. The molecule has 1 aromatic heterocycles. The number of quaternary nitrogens is 1. The van der Waals surface area contributed by atoms with Crippen LogP contribution in [0, 0.1) is 0 Å². The summed E-state index contributed by atoms with van der Waals surface area (Å²) in [7, 11) is 0. The van der Waals surface area contributed by atoms with Crippen LogP contribution in [0.3, 0.4) is 0 Å². The summed E-state index contributed by atoms with van der Waals surface area (Å²) in [6.07, 6.45) is 2.55. The van der Waals surface area contributed by atoms with Crippen molar-refractivity contribution in [2.75, 3.05) is 26.2 Å². The number of amides is 1. The second-order valence-electron chi connectivity index (χ2n) is 5.98. The lowest BCUT2D eigenvalue weighted by Gasteiger charge is -2.24. The third-order valence-corrected chi connectivity index (χ3v) is 5.83. The van der Waals surface area contributed by atoms with Gasteiger partial charge < -0.3 is 15.0 Å². The Labute approximate surface area is 154 Å². The fraction of sp³-hybridized carbons (Fsp3) is 0.389. The van der Waals surface area contributed by atoms with Crippen LogP contribution in [0.15, 0.2) is 46.3 Å². The summed E-state index contributed by atoms with van der Waals surface area (Å²) in [6.45, 7) is 3.09. The van der Waals surface area contributed by atoms with Gasteiger partial charge in [0.15, 0.2) is 6.61 Å². The predicted molar refractivity (Wildman–Crippen MR) is 99.6 cm³/mol. The molecule has 2 heterocycles. The van der Waals surface area contributed by atoms with Gasteiger partial charge in [0.05, 0.1) is 24.5 Å². The maximum atomic E-state index is 12.1. The van der Waals surface area contributed by atoms with Gasteiger partial charge in [-0.1, -0.05) is 22.0 Å². The van der Waals surface area contributed by atoms with Crippen LogP contribution in [-0.2, 0) is 4.79 Å². The average Bonchev–Trinajstić information content (AvgIpc) is 3.29. The third-order valence-electron chi connectivity index (χ3n) is 4.31. The molecule has 2 aromatic rings. The largest absolute Gasteiger partial charge is 0.484 e. The van der Waals surface area contributed by atoms with Gasteiger partial charge in [0, 0.05) is 17.3 Å². The van der Waals surface area contributed by atoms with Crippen molar-refractivity contribution in [2.24, 2.45) is 0 Å². The van der Waals surface area contributed by atoms with Crippen LogP contribution >= 0.6 is 27.3 Å². The van der Waals surface area contributed by atoms with Gasteiger partial charge in [-0.05, 0) is 35.7 Å². The molecule has 1 atom stereocenters. The molecule has 128 valence electrons. The first-order chi connectivity index (χ1) is 11.7. The fourth-order valence-electron chi connectivity index (χ4n) is 3.06. The number of nitrogens with one attached hydrogen (secondary N) is 2. The summed E-state index contributed by atoms with van der Waals surface area (Å²) in [5.74, 6) is 0.631. The number of hydrogen-bond donors (Lipinski definition) is 2. The van der Waals surface area contributed by atoms with E-state index in [0.29, 0.717) is 18.3 Å². The first kappa shape index (κ1) is 17.5. The minimum atomic E-state index is -0.0712. The molecule has 0 saturated carbocycles. The Kier molecular flexibility index (Phi) is 6.29. The molecule has 2 N–H and O–H groups in total. The predicted octanol–water partition coefficient (Wildman–Crippen LogP) is 2.43. The lowest BCUT2D eigenvalue weighted by molar-refractivity contribution is -0.918. The van der Waals surface area contributed by atoms with E-state index in [2.05, 4.69) is 38.8 Å². The molecule has 1 aliphatic rings. The van der Waals surface area contributed by atoms with Crippen LogP contribution in [0.25, 0.3) is 0 Å². The summed E-state index contributed by atoms with van der Waals surface area (Å²) >= 11 is 5.15. The summed E-state index contributed by atoms with van der Waals surface area (Å²) in [6, 6.07) is 12.1. The van der Waals surface area contributed by atoms with E-state index < -0.39 is 0 Å². The first-order valence-corrected chi connectivity index (χ1v) is 9.92. The van der Waals surface area contributed by atoms with Crippen molar-refractivity contribution in [2.45, 2.75) is 18.9 Å². The highest BCUT2D eigenvalue weighted by molar-refractivity contribution is 9.10. The highest BCUT2D eigenvalue weighted by Gasteiger charge is 2.28. The molecule has 1 saturated heterocycles. The van der Waals surface area contributed by atoms with Gasteiger partial charge in [-0.2, -0.15) is 0 Å². The van der Waals surface area contributed by atoms with Gasteiger partial charge in [0.1, 0.15) is 11.8 Å². The number of likely N-dealkylation sites (tertiary alicyclic amines) is 1. The molecular weight excluding hydrogens is 388 g/mol. The van der Waals surface area contributed by atoms with Gasteiger partial charge in [-0.15, -0.1) is 11.3 Å². The van der Waals surface area contributed by atoms with E-state index in [1.165, 1.54) is 30.8 Å². The molecule has 0 radical (unpaired) electrons. The molecule has 3 rings (SSSR count). The normalized spacial score (nSPS) is 16.0. The van der Waals surface area contributed by atoms with Gasteiger partial charge in [0.25, 0.3) is 5.91 Å². The molecule has 1 aromatic carbocycles. The SMILES string of the molecule is O=C(COc1ccc(Br)cc1)NC[C@H](c1cccs1)[NH+]1CCCC1. The van der Waals surface area contributed by atoms with Crippen molar-refractivity contribution in [1.29, 1.82) is 0 Å². The van der Waals surface area contributed by atoms with E-state index in [-0.39, 0.29) is 12.5 Å². The number of benzene rings is 1. The summed E-state index contributed by atoms with van der Waals surface area (Å²) < 4.78 is 6.53.